The fourth-order valence-corrected chi connectivity index (χ4v) is 1.68. The summed E-state index contributed by atoms with van der Waals surface area (Å²) in [5.41, 5.74) is 6.40. The van der Waals surface area contributed by atoms with Crippen LogP contribution in [0.1, 0.15) is 30.6 Å². The van der Waals surface area contributed by atoms with Gasteiger partial charge in [0.15, 0.2) is 0 Å². The molecule has 0 saturated heterocycles. The Morgan fingerprint density at radius 2 is 2.26 bits per heavy atom. The maximum absolute atomic E-state index is 11.9. The van der Waals surface area contributed by atoms with E-state index in [4.69, 9.17) is 17.3 Å². The number of nitrogens with zero attached hydrogens (tertiary/aromatic N) is 2. The normalized spacial score (nSPS) is 11.1. The third-order valence-corrected chi connectivity index (χ3v) is 3.21. The van der Waals surface area contributed by atoms with Gasteiger partial charge < -0.3 is 16.0 Å². The molecule has 0 aliphatic rings. The molecule has 6 heteroatoms. The molecule has 0 fully saturated rings. The first-order valence-electron chi connectivity index (χ1n) is 6.31. The Morgan fingerprint density at radius 3 is 2.89 bits per heavy atom. The summed E-state index contributed by atoms with van der Waals surface area (Å²) in [5, 5.41) is 3.09. The highest BCUT2D eigenvalue weighted by Gasteiger charge is 2.10. The van der Waals surface area contributed by atoms with Crippen molar-refractivity contribution in [1.29, 1.82) is 0 Å². The summed E-state index contributed by atoms with van der Waals surface area (Å²) >= 11 is 5.75. The second kappa shape index (κ2) is 7.31. The summed E-state index contributed by atoms with van der Waals surface area (Å²) in [6, 6.07) is 1.98. The molecule has 1 aromatic rings. The van der Waals surface area contributed by atoms with Gasteiger partial charge in [-0.25, -0.2) is 4.98 Å². The maximum Gasteiger partial charge on any atom is 0.253 e. The van der Waals surface area contributed by atoms with Gasteiger partial charge in [0.2, 0.25) is 0 Å². The summed E-state index contributed by atoms with van der Waals surface area (Å²) in [7, 11) is 2.06. The molecule has 0 aliphatic heterocycles. The minimum atomic E-state index is -0.214. The van der Waals surface area contributed by atoms with Gasteiger partial charge in [0.05, 0.1) is 17.4 Å². The second-order valence-corrected chi connectivity index (χ2v) is 5.17. The van der Waals surface area contributed by atoms with Gasteiger partial charge in [0.1, 0.15) is 5.15 Å². The van der Waals surface area contributed by atoms with Crippen molar-refractivity contribution in [2.24, 2.45) is 0 Å². The van der Waals surface area contributed by atoms with Crippen LogP contribution < -0.4 is 11.1 Å². The zero-order valence-corrected chi connectivity index (χ0v) is 12.4. The fraction of sp³-hybridized carbons (Fsp3) is 0.538. The van der Waals surface area contributed by atoms with Crippen LogP contribution in [0.5, 0.6) is 0 Å². The number of hydrogen-bond donors (Lipinski definition) is 2. The van der Waals surface area contributed by atoms with Crippen LogP contribution in [0.2, 0.25) is 5.15 Å². The van der Waals surface area contributed by atoms with E-state index in [9.17, 15) is 4.79 Å². The summed E-state index contributed by atoms with van der Waals surface area (Å²) in [6.45, 7) is 5.82. The van der Waals surface area contributed by atoms with Gasteiger partial charge in [-0.1, -0.05) is 11.6 Å². The highest BCUT2D eigenvalue weighted by Crippen LogP contribution is 2.14. The van der Waals surface area contributed by atoms with E-state index >= 15 is 0 Å². The van der Waals surface area contributed by atoms with Gasteiger partial charge in [0.25, 0.3) is 5.91 Å². The van der Waals surface area contributed by atoms with E-state index in [1.165, 1.54) is 12.3 Å². The van der Waals surface area contributed by atoms with Crippen molar-refractivity contribution in [3.05, 3.63) is 23.0 Å². The first-order chi connectivity index (χ1) is 8.91. The highest BCUT2D eigenvalue weighted by molar-refractivity contribution is 6.29. The van der Waals surface area contributed by atoms with Crippen LogP contribution in [0, 0.1) is 0 Å². The second-order valence-electron chi connectivity index (χ2n) is 4.78. The van der Waals surface area contributed by atoms with Gasteiger partial charge in [0, 0.05) is 12.6 Å². The van der Waals surface area contributed by atoms with Gasteiger partial charge in [-0.3, -0.25) is 4.79 Å². The first kappa shape index (κ1) is 15.7. The number of hydrogen-bond acceptors (Lipinski definition) is 4. The number of nitrogen functional groups attached to an aromatic ring is 1. The molecule has 3 N–H and O–H groups in total. The summed E-state index contributed by atoms with van der Waals surface area (Å²) in [5.74, 6) is -0.214. The van der Waals surface area contributed by atoms with E-state index < -0.39 is 0 Å². The Bertz CT molecular complexity index is 437. The van der Waals surface area contributed by atoms with Crippen molar-refractivity contribution in [2.45, 2.75) is 26.3 Å². The smallest absolute Gasteiger partial charge is 0.253 e. The number of rotatable bonds is 6. The third kappa shape index (κ3) is 5.04. The van der Waals surface area contributed by atoms with Crippen LogP contribution in [0.15, 0.2) is 12.3 Å². The van der Waals surface area contributed by atoms with E-state index in [2.05, 4.69) is 36.1 Å². The molecule has 1 rings (SSSR count). The lowest BCUT2D eigenvalue weighted by Gasteiger charge is -2.20. The average Bonchev–Trinajstić information content (AvgIpc) is 2.36. The Hall–Kier alpha value is -1.33. The fourth-order valence-electron chi connectivity index (χ4n) is 1.52. The Labute approximate surface area is 119 Å². The molecule has 0 saturated carbocycles. The number of carbonyl (C=O) groups is 1. The van der Waals surface area contributed by atoms with Crippen molar-refractivity contribution in [3.8, 4) is 0 Å². The molecular weight excluding hydrogens is 264 g/mol. The average molecular weight is 285 g/mol. The predicted octanol–water partition coefficient (Wildman–Crippen LogP) is 1.78. The number of nitrogens with one attached hydrogen (secondary N) is 1. The zero-order valence-electron chi connectivity index (χ0n) is 11.6. The molecule has 0 aliphatic carbocycles. The Balaban J connectivity index is 2.41. The number of aromatic nitrogens is 1. The molecule has 1 aromatic heterocycles. The summed E-state index contributed by atoms with van der Waals surface area (Å²) < 4.78 is 0. The quantitative estimate of drug-likeness (QED) is 0.617. The lowest BCUT2D eigenvalue weighted by Crippen LogP contribution is -2.31. The lowest BCUT2D eigenvalue weighted by molar-refractivity contribution is 0.0952. The van der Waals surface area contributed by atoms with Gasteiger partial charge in [-0.15, -0.1) is 0 Å². The standard InChI is InChI=1S/C13H21ClN4O/c1-9(2)18(3)6-4-5-16-13(19)10-7-12(14)17-8-11(10)15/h7-9H,4-6,15H2,1-3H3,(H,16,19). The number of nitrogens with two attached hydrogens (primary N) is 1. The van der Waals surface area contributed by atoms with E-state index in [1.54, 1.807) is 0 Å². The highest BCUT2D eigenvalue weighted by atomic mass is 35.5. The number of anilines is 1. The number of pyridine rings is 1. The molecule has 0 atom stereocenters. The zero-order chi connectivity index (χ0) is 14.4. The number of carbonyl (C=O) groups excluding carboxylic acids is 1. The van der Waals surface area contributed by atoms with Gasteiger partial charge in [-0.2, -0.15) is 0 Å². The molecule has 5 nitrogen and oxygen atoms in total. The molecule has 0 aromatic carbocycles. The molecule has 0 bridgehead atoms. The van der Waals surface area contributed by atoms with Crippen LogP contribution in [0.4, 0.5) is 5.69 Å². The minimum Gasteiger partial charge on any atom is -0.397 e. The molecule has 0 radical (unpaired) electrons. The van der Waals surface area contributed by atoms with E-state index in [-0.39, 0.29) is 11.1 Å². The van der Waals surface area contributed by atoms with Gasteiger partial charge in [-0.05, 0) is 39.9 Å². The molecular formula is C13H21ClN4O. The topological polar surface area (TPSA) is 71.2 Å². The monoisotopic (exact) mass is 284 g/mol. The van der Waals surface area contributed by atoms with Crippen LogP contribution in [-0.2, 0) is 0 Å². The molecule has 106 valence electrons. The van der Waals surface area contributed by atoms with Crippen molar-refractivity contribution in [3.63, 3.8) is 0 Å². The van der Waals surface area contributed by atoms with Crippen molar-refractivity contribution >= 4 is 23.2 Å². The van der Waals surface area contributed by atoms with Crippen molar-refractivity contribution in [2.75, 3.05) is 25.9 Å². The number of halogens is 1. The lowest BCUT2D eigenvalue weighted by atomic mass is 10.2. The van der Waals surface area contributed by atoms with E-state index in [0.29, 0.717) is 23.8 Å². The first-order valence-corrected chi connectivity index (χ1v) is 6.69. The summed E-state index contributed by atoms with van der Waals surface area (Å²) in [4.78, 5) is 17.9. The third-order valence-electron chi connectivity index (χ3n) is 3.00. The van der Waals surface area contributed by atoms with E-state index in [0.717, 1.165) is 13.0 Å². The molecule has 1 amide bonds. The molecule has 0 unspecified atom stereocenters. The summed E-state index contributed by atoms with van der Waals surface area (Å²) in [6.07, 6.45) is 2.28. The van der Waals surface area contributed by atoms with Crippen molar-refractivity contribution < 1.29 is 4.79 Å². The molecule has 19 heavy (non-hydrogen) atoms. The van der Waals surface area contributed by atoms with Crippen LogP contribution >= 0.6 is 11.6 Å². The molecule has 0 spiro atoms. The SMILES string of the molecule is CC(C)N(C)CCCNC(=O)c1cc(Cl)ncc1N. The van der Waals surface area contributed by atoms with Gasteiger partial charge >= 0.3 is 0 Å². The van der Waals surface area contributed by atoms with Crippen LogP contribution in [0.25, 0.3) is 0 Å². The predicted molar refractivity (Wildman–Crippen MR) is 78.4 cm³/mol. The van der Waals surface area contributed by atoms with E-state index in [1.807, 2.05) is 0 Å². The number of amides is 1. The minimum absolute atomic E-state index is 0.214. The Morgan fingerprint density at radius 1 is 1.58 bits per heavy atom. The molecule has 1 heterocycles. The van der Waals surface area contributed by atoms with Crippen LogP contribution in [0.3, 0.4) is 0 Å². The largest absolute Gasteiger partial charge is 0.397 e. The van der Waals surface area contributed by atoms with Crippen molar-refractivity contribution in [1.82, 2.24) is 15.2 Å². The maximum atomic E-state index is 11.9. The Kier molecular flexibility index (Phi) is 6.05. The van der Waals surface area contributed by atoms with Crippen LogP contribution in [-0.4, -0.2) is 42.0 Å².